The molecular formula is C22H33N3O4. The number of rotatable bonds is 4. The molecule has 1 aromatic rings. The van der Waals surface area contributed by atoms with E-state index in [0.717, 1.165) is 38.8 Å². The summed E-state index contributed by atoms with van der Waals surface area (Å²) in [4.78, 5) is 45.3. The predicted octanol–water partition coefficient (Wildman–Crippen LogP) is 3.06. The smallest absolute Gasteiger partial charge is 0.340 e. The number of amides is 2. The Hall–Kier alpha value is -2.31. The molecule has 0 aliphatic carbocycles. The van der Waals surface area contributed by atoms with Crippen molar-refractivity contribution in [3.05, 3.63) is 22.5 Å². The molecule has 1 unspecified atom stereocenters. The fourth-order valence-corrected chi connectivity index (χ4v) is 4.54. The summed E-state index contributed by atoms with van der Waals surface area (Å²) in [7, 11) is 0. The highest BCUT2D eigenvalue weighted by atomic mass is 16.5. The predicted molar refractivity (Wildman–Crippen MR) is 110 cm³/mol. The zero-order valence-corrected chi connectivity index (χ0v) is 17.9. The SMILES string of the molecule is CCOC(=O)c1c(C)[nH]c(C(=O)N2CCCC(C(=O)N3CCCCCC3)C2)c1C. The van der Waals surface area contributed by atoms with E-state index in [1.807, 2.05) is 4.90 Å². The molecule has 2 fully saturated rings. The number of hydrogen-bond donors (Lipinski definition) is 1. The molecule has 7 heteroatoms. The first kappa shape index (κ1) is 21.4. The van der Waals surface area contributed by atoms with Gasteiger partial charge in [0, 0.05) is 31.9 Å². The third kappa shape index (κ3) is 4.65. The summed E-state index contributed by atoms with van der Waals surface area (Å²) >= 11 is 0. The monoisotopic (exact) mass is 403 g/mol. The number of aromatic nitrogens is 1. The van der Waals surface area contributed by atoms with Crippen LogP contribution in [0.15, 0.2) is 0 Å². The molecule has 2 saturated heterocycles. The minimum absolute atomic E-state index is 0.133. The molecule has 1 N–H and O–H groups in total. The van der Waals surface area contributed by atoms with Crippen LogP contribution in [0.5, 0.6) is 0 Å². The summed E-state index contributed by atoms with van der Waals surface area (Å²) in [6.45, 7) is 8.34. The van der Waals surface area contributed by atoms with Crippen molar-refractivity contribution in [1.82, 2.24) is 14.8 Å². The molecule has 3 rings (SSSR count). The maximum atomic E-state index is 13.2. The number of piperidine rings is 1. The number of nitrogens with one attached hydrogen (secondary N) is 1. The number of H-pyrrole nitrogens is 1. The van der Waals surface area contributed by atoms with Crippen molar-refractivity contribution in [2.24, 2.45) is 5.92 Å². The Labute approximate surface area is 172 Å². The van der Waals surface area contributed by atoms with Gasteiger partial charge in [-0.3, -0.25) is 9.59 Å². The van der Waals surface area contributed by atoms with Crippen molar-refractivity contribution in [3.8, 4) is 0 Å². The van der Waals surface area contributed by atoms with Crippen molar-refractivity contribution >= 4 is 17.8 Å². The normalized spacial score (nSPS) is 20.3. The van der Waals surface area contributed by atoms with Crippen LogP contribution in [0.4, 0.5) is 0 Å². The van der Waals surface area contributed by atoms with Crippen LogP contribution >= 0.6 is 0 Å². The molecule has 0 radical (unpaired) electrons. The molecule has 0 saturated carbocycles. The lowest BCUT2D eigenvalue weighted by molar-refractivity contribution is -0.136. The number of ether oxygens (including phenoxy) is 1. The zero-order valence-electron chi connectivity index (χ0n) is 17.9. The van der Waals surface area contributed by atoms with Crippen LogP contribution < -0.4 is 0 Å². The Balaban J connectivity index is 1.72. The van der Waals surface area contributed by atoms with Gasteiger partial charge >= 0.3 is 5.97 Å². The van der Waals surface area contributed by atoms with Crippen LogP contribution in [-0.2, 0) is 9.53 Å². The molecule has 29 heavy (non-hydrogen) atoms. The summed E-state index contributed by atoms with van der Waals surface area (Å²) in [5.41, 5.74) is 2.11. The quantitative estimate of drug-likeness (QED) is 0.783. The highest BCUT2D eigenvalue weighted by Gasteiger charge is 2.33. The van der Waals surface area contributed by atoms with E-state index >= 15 is 0 Å². The van der Waals surface area contributed by atoms with Crippen molar-refractivity contribution < 1.29 is 19.1 Å². The standard InChI is InChI=1S/C22H33N3O4/c1-4-29-22(28)18-15(2)19(23-16(18)3)21(27)25-13-9-10-17(14-25)20(26)24-11-7-5-6-8-12-24/h17,23H,4-14H2,1-3H3. The molecule has 1 atom stereocenters. The fraction of sp³-hybridized carbons (Fsp3) is 0.682. The van der Waals surface area contributed by atoms with Gasteiger partial charge in [0.05, 0.1) is 18.1 Å². The van der Waals surface area contributed by atoms with Gasteiger partial charge in [0.1, 0.15) is 5.69 Å². The Kier molecular flexibility index (Phi) is 6.98. The Morgan fingerprint density at radius 1 is 1.00 bits per heavy atom. The van der Waals surface area contributed by atoms with E-state index in [-0.39, 0.29) is 17.7 Å². The molecule has 2 aliphatic rings. The number of aromatic amines is 1. The van der Waals surface area contributed by atoms with Crippen molar-refractivity contribution in [1.29, 1.82) is 0 Å². The van der Waals surface area contributed by atoms with Gasteiger partial charge in [-0.25, -0.2) is 4.79 Å². The van der Waals surface area contributed by atoms with E-state index < -0.39 is 5.97 Å². The molecular weight excluding hydrogens is 370 g/mol. The Bertz CT molecular complexity index is 762. The first-order valence-corrected chi connectivity index (χ1v) is 10.9. The second-order valence-electron chi connectivity index (χ2n) is 8.18. The van der Waals surface area contributed by atoms with Crippen LogP contribution in [0.1, 0.15) is 77.6 Å². The number of carbonyl (C=O) groups is 3. The number of carbonyl (C=O) groups excluding carboxylic acids is 3. The highest BCUT2D eigenvalue weighted by Crippen LogP contribution is 2.25. The van der Waals surface area contributed by atoms with Crippen molar-refractivity contribution in [2.75, 3.05) is 32.8 Å². The average Bonchev–Trinajstić information content (AvgIpc) is 2.89. The molecule has 2 aliphatic heterocycles. The van der Waals surface area contributed by atoms with Gasteiger partial charge in [-0.2, -0.15) is 0 Å². The second-order valence-corrected chi connectivity index (χ2v) is 8.18. The van der Waals surface area contributed by atoms with Crippen LogP contribution in [0.2, 0.25) is 0 Å². The highest BCUT2D eigenvalue weighted by molar-refractivity contribution is 6.00. The summed E-state index contributed by atoms with van der Waals surface area (Å²) in [6.07, 6.45) is 6.16. The lowest BCUT2D eigenvalue weighted by Gasteiger charge is -2.34. The van der Waals surface area contributed by atoms with Crippen LogP contribution in [-0.4, -0.2) is 65.4 Å². The maximum absolute atomic E-state index is 13.2. The molecule has 2 amide bonds. The number of aryl methyl sites for hydroxylation is 1. The summed E-state index contributed by atoms with van der Waals surface area (Å²) in [5, 5.41) is 0. The van der Waals surface area contributed by atoms with Gasteiger partial charge in [-0.15, -0.1) is 0 Å². The molecule has 160 valence electrons. The Morgan fingerprint density at radius 2 is 1.66 bits per heavy atom. The second kappa shape index (κ2) is 9.46. The molecule has 0 spiro atoms. The van der Waals surface area contributed by atoms with E-state index in [2.05, 4.69) is 4.98 Å². The van der Waals surface area contributed by atoms with E-state index in [4.69, 9.17) is 4.74 Å². The summed E-state index contributed by atoms with van der Waals surface area (Å²) < 4.78 is 5.12. The molecule has 3 heterocycles. The van der Waals surface area contributed by atoms with E-state index in [1.54, 1.807) is 25.7 Å². The van der Waals surface area contributed by atoms with E-state index in [0.29, 0.717) is 42.2 Å². The minimum atomic E-state index is -0.411. The lowest BCUT2D eigenvalue weighted by atomic mass is 9.95. The summed E-state index contributed by atoms with van der Waals surface area (Å²) in [5.74, 6) is -0.497. The van der Waals surface area contributed by atoms with E-state index in [9.17, 15) is 14.4 Å². The first-order valence-electron chi connectivity index (χ1n) is 10.9. The van der Waals surface area contributed by atoms with Gasteiger partial charge in [0.2, 0.25) is 5.91 Å². The van der Waals surface area contributed by atoms with Gasteiger partial charge in [-0.05, 0) is 52.0 Å². The average molecular weight is 404 g/mol. The van der Waals surface area contributed by atoms with Gasteiger partial charge < -0.3 is 19.5 Å². The number of esters is 1. The zero-order chi connectivity index (χ0) is 21.0. The van der Waals surface area contributed by atoms with Crippen LogP contribution in [0.25, 0.3) is 0 Å². The topological polar surface area (TPSA) is 82.7 Å². The van der Waals surface area contributed by atoms with Gasteiger partial charge in [0.15, 0.2) is 0 Å². The largest absolute Gasteiger partial charge is 0.462 e. The minimum Gasteiger partial charge on any atom is -0.462 e. The number of nitrogens with zero attached hydrogens (tertiary/aromatic N) is 2. The van der Waals surface area contributed by atoms with Crippen LogP contribution in [0, 0.1) is 19.8 Å². The number of hydrogen-bond acceptors (Lipinski definition) is 4. The third-order valence-electron chi connectivity index (χ3n) is 6.11. The fourth-order valence-electron chi connectivity index (χ4n) is 4.54. The first-order chi connectivity index (χ1) is 13.9. The van der Waals surface area contributed by atoms with Crippen molar-refractivity contribution in [3.63, 3.8) is 0 Å². The molecule has 1 aromatic heterocycles. The van der Waals surface area contributed by atoms with Crippen LogP contribution in [0.3, 0.4) is 0 Å². The van der Waals surface area contributed by atoms with Crippen molar-refractivity contribution in [2.45, 2.75) is 59.3 Å². The maximum Gasteiger partial charge on any atom is 0.340 e. The number of likely N-dealkylation sites (tertiary alicyclic amines) is 2. The third-order valence-corrected chi connectivity index (χ3v) is 6.11. The van der Waals surface area contributed by atoms with Gasteiger partial charge in [0.25, 0.3) is 5.91 Å². The van der Waals surface area contributed by atoms with E-state index in [1.165, 1.54) is 12.8 Å². The summed E-state index contributed by atoms with van der Waals surface area (Å²) in [6, 6.07) is 0. The lowest BCUT2D eigenvalue weighted by Crippen LogP contribution is -2.47. The molecule has 0 aromatic carbocycles. The Morgan fingerprint density at radius 3 is 2.31 bits per heavy atom. The molecule has 0 bridgehead atoms. The van der Waals surface area contributed by atoms with Gasteiger partial charge in [-0.1, -0.05) is 12.8 Å². The molecule has 7 nitrogen and oxygen atoms in total.